The molecule has 4 rings (SSSR count). The van der Waals surface area contributed by atoms with Gasteiger partial charge in [0, 0.05) is 43.0 Å². The van der Waals surface area contributed by atoms with Gasteiger partial charge in [-0.1, -0.05) is 92.9 Å². The van der Waals surface area contributed by atoms with Crippen LogP contribution in [0.25, 0.3) is 10.8 Å². The van der Waals surface area contributed by atoms with Crippen LogP contribution in [0.1, 0.15) is 50.7 Å². The Balaban J connectivity index is 1.50. The fourth-order valence-electron chi connectivity index (χ4n) is 5.67. The minimum atomic E-state index is -0.598. The maximum Gasteiger partial charge on any atom is 0.245 e. The molecule has 1 N–H and O–H groups in total. The third kappa shape index (κ3) is 7.83. The van der Waals surface area contributed by atoms with Gasteiger partial charge in [0.05, 0.1) is 0 Å². The molecule has 0 saturated carbocycles. The molecule has 208 valence electrons. The molecule has 3 aromatic rings. The average molecular weight is 548 g/mol. The summed E-state index contributed by atoms with van der Waals surface area (Å²) in [6, 6.07) is 22.2. The highest BCUT2D eigenvalue weighted by Crippen LogP contribution is 2.21. The highest BCUT2D eigenvalue weighted by atomic mass is 35.5. The average Bonchev–Trinajstić information content (AvgIpc) is 2.94. The molecular weight excluding hydrogens is 506 g/mol. The number of fused-ring (bicyclic) bond motifs is 1. The van der Waals surface area contributed by atoms with Crippen LogP contribution in [-0.2, 0) is 22.4 Å². The molecule has 1 fully saturated rings. The maximum absolute atomic E-state index is 14.0. The summed E-state index contributed by atoms with van der Waals surface area (Å²) in [7, 11) is 2.14. The summed E-state index contributed by atoms with van der Waals surface area (Å²) in [6.07, 6.45) is 4.89. The number of piperazine rings is 1. The lowest BCUT2D eigenvalue weighted by Crippen LogP contribution is -2.59. The predicted molar refractivity (Wildman–Crippen MR) is 161 cm³/mol. The number of nitrogens with one attached hydrogen (secondary N) is 1. The Morgan fingerprint density at radius 1 is 0.923 bits per heavy atom. The van der Waals surface area contributed by atoms with E-state index >= 15 is 0 Å². The molecule has 0 bridgehead atoms. The predicted octanol–water partition coefficient (Wildman–Crippen LogP) is 6.12. The van der Waals surface area contributed by atoms with Crippen molar-refractivity contribution in [1.29, 1.82) is 0 Å². The molecule has 5 nitrogen and oxygen atoms in total. The van der Waals surface area contributed by atoms with Crippen LogP contribution in [0.4, 0.5) is 0 Å². The number of nitrogens with zero attached hydrogens (tertiary/aromatic N) is 2. The van der Waals surface area contributed by atoms with Crippen LogP contribution in [0.15, 0.2) is 66.7 Å². The summed E-state index contributed by atoms with van der Waals surface area (Å²) in [5.74, 6) is -0.0665. The Bertz CT molecular complexity index is 1240. The molecule has 3 aromatic carbocycles. The van der Waals surface area contributed by atoms with Crippen LogP contribution in [0, 0.1) is 5.92 Å². The normalized spacial score (nSPS) is 16.9. The second-order valence-corrected chi connectivity index (χ2v) is 11.4. The zero-order valence-electron chi connectivity index (χ0n) is 23.5. The van der Waals surface area contributed by atoms with E-state index < -0.39 is 6.04 Å². The van der Waals surface area contributed by atoms with Crippen molar-refractivity contribution in [2.24, 2.45) is 5.92 Å². The lowest BCUT2D eigenvalue weighted by molar-refractivity contribution is -0.139. The van der Waals surface area contributed by atoms with E-state index in [1.54, 1.807) is 0 Å². The van der Waals surface area contributed by atoms with Gasteiger partial charge in [-0.2, -0.15) is 0 Å². The van der Waals surface area contributed by atoms with Crippen molar-refractivity contribution >= 4 is 34.2 Å². The number of carbonyl (C=O) groups excluding carboxylic acids is 2. The number of halogens is 1. The summed E-state index contributed by atoms with van der Waals surface area (Å²) in [4.78, 5) is 31.6. The molecule has 2 atom stereocenters. The van der Waals surface area contributed by atoms with Crippen LogP contribution in [-0.4, -0.2) is 60.4 Å². The number of rotatable bonds is 11. The molecule has 39 heavy (non-hydrogen) atoms. The maximum atomic E-state index is 14.0. The molecule has 1 saturated heterocycles. The number of hydrogen-bond donors (Lipinski definition) is 1. The largest absolute Gasteiger partial charge is 0.344 e. The Labute approximate surface area is 238 Å². The van der Waals surface area contributed by atoms with E-state index in [-0.39, 0.29) is 23.8 Å². The summed E-state index contributed by atoms with van der Waals surface area (Å²) in [6.45, 7) is 6.31. The van der Waals surface area contributed by atoms with Gasteiger partial charge in [0.2, 0.25) is 11.8 Å². The zero-order chi connectivity index (χ0) is 27.8. The minimum Gasteiger partial charge on any atom is -0.344 e. The van der Waals surface area contributed by atoms with Gasteiger partial charge in [-0.25, -0.2) is 0 Å². The van der Waals surface area contributed by atoms with E-state index in [2.05, 4.69) is 73.6 Å². The monoisotopic (exact) mass is 547 g/mol. The Hall–Kier alpha value is -2.89. The highest BCUT2D eigenvalue weighted by molar-refractivity contribution is 6.30. The van der Waals surface area contributed by atoms with E-state index in [1.165, 1.54) is 16.3 Å². The smallest absolute Gasteiger partial charge is 0.245 e. The number of benzene rings is 3. The first-order valence-corrected chi connectivity index (χ1v) is 14.8. The van der Waals surface area contributed by atoms with Crippen LogP contribution in [0.5, 0.6) is 0 Å². The van der Waals surface area contributed by atoms with E-state index in [4.69, 9.17) is 11.6 Å². The van der Waals surface area contributed by atoms with Crippen LogP contribution in [0.2, 0.25) is 5.02 Å². The Kier molecular flexibility index (Phi) is 10.4. The summed E-state index contributed by atoms with van der Waals surface area (Å²) in [5.41, 5.74) is 2.26. The van der Waals surface area contributed by atoms with E-state index in [9.17, 15) is 9.59 Å². The van der Waals surface area contributed by atoms with Crippen molar-refractivity contribution < 1.29 is 9.59 Å². The second kappa shape index (κ2) is 14.0. The summed E-state index contributed by atoms with van der Waals surface area (Å²) < 4.78 is 0. The molecule has 1 aliphatic rings. The number of hydrogen-bond acceptors (Lipinski definition) is 3. The molecular formula is C33H42ClN3O2. The quantitative estimate of drug-likeness (QED) is 0.314. The lowest BCUT2D eigenvalue weighted by atomic mass is 9.95. The highest BCUT2D eigenvalue weighted by Gasteiger charge is 2.33. The van der Waals surface area contributed by atoms with Crippen LogP contribution in [0.3, 0.4) is 0 Å². The van der Waals surface area contributed by atoms with E-state index in [0.29, 0.717) is 24.5 Å². The topological polar surface area (TPSA) is 52.7 Å². The second-order valence-electron chi connectivity index (χ2n) is 11.0. The lowest BCUT2D eigenvalue weighted by Gasteiger charge is -2.41. The van der Waals surface area contributed by atoms with Crippen molar-refractivity contribution in [3.8, 4) is 0 Å². The number of carbonyl (C=O) groups is 2. The zero-order valence-corrected chi connectivity index (χ0v) is 24.3. The molecule has 1 heterocycles. The van der Waals surface area contributed by atoms with Gasteiger partial charge in [0.25, 0.3) is 0 Å². The third-order valence-corrected chi connectivity index (χ3v) is 8.24. The first-order chi connectivity index (χ1) is 18.9. The molecule has 0 unspecified atom stereocenters. The van der Waals surface area contributed by atoms with E-state index in [0.717, 1.165) is 44.2 Å². The van der Waals surface area contributed by atoms with Crippen molar-refractivity contribution in [2.45, 2.75) is 64.5 Å². The molecule has 2 amide bonds. The van der Waals surface area contributed by atoms with Crippen molar-refractivity contribution in [2.75, 3.05) is 26.7 Å². The fourth-order valence-corrected chi connectivity index (χ4v) is 5.80. The minimum absolute atomic E-state index is 0.00154. The van der Waals surface area contributed by atoms with Gasteiger partial charge in [-0.15, -0.1) is 0 Å². The third-order valence-electron chi connectivity index (χ3n) is 7.99. The van der Waals surface area contributed by atoms with Gasteiger partial charge >= 0.3 is 0 Å². The number of likely N-dealkylation sites (N-methyl/N-ethyl adjacent to an activating group) is 1. The first-order valence-electron chi connectivity index (χ1n) is 14.4. The van der Waals surface area contributed by atoms with Crippen molar-refractivity contribution in [1.82, 2.24) is 15.1 Å². The van der Waals surface area contributed by atoms with Crippen molar-refractivity contribution in [3.05, 3.63) is 82.9 Å². The van der Waals surface area contributed by atoms with Gasteiger partial charge in [-0.3, -0.25) is 14.5 Å². The molecule has 0 radical (unpaired) electrons. The molecule has 6 heteroatoms. The van der Waals surface area contributed by atoms with Crippen LogP contribution < -0.4 is 5.32 Å². The summed E-state index contributed by atoms with van der Waals surface area (Å²) in [5, 5.41) is 6.30. The summed E-state index contributed by atoms with van der Waals surface area (Å²) >= 11 is 6.11. The molecule has 1 aliphatic heterocycles. The fraction of sp³-hybridized carbons (Fsp3) is 0.455. The Morgan fingerprint density at radius 2 is 1.59 bits per heavy atom. The van der Waals surface area contributed by atoms with Gasteiger partial charge in [0.1, 0.15) is 6.04 Å². The first kappa shape index (κ1) is 29.1. The van der Waals surface area contributed by atoms with Crippen molar-refractivity contribution in [3.63, 3.8) is 0 Å². The molecule has 0 spiro atoms. The van der Waals surface area contributed by atoms with Gasteiger partial charge in [0.15, 0.2) is 0 Å². The SMILES string of the molecule is CCCC(CCC)C(=O)N[C@H](Cc1ccc(Cl)cc1)C(=O)N1CCN(C)[C@H](Cc2ccc3ccccc3c2)C1. The molecule has 0 aliphatic carbocycles. The molecule has 0 aromatic heterocycles. The standard InChI is InChI=1S/C33H42ClN3O2/c1-4-8-27(9-5-2)32(38)35-31(22-24-13-16-29(34)17-14-24)33(39)37-19-18-36(3)30(23-37)21-25-12-15-26-10-6-7-11-28(26)20-25/h6-7,10-17,20,27,30-31H,4-5,8-9,18-19,21-23H2,1-3H3,(H,35,38)/t30-,31-/m1/s1. The van der Waals surface area contributed by atoms with Gasteiger partial charge in [-0.05, 0) is 60.3 Å². The Morgan fingerprint density at radius 3 is 2.28 bits per heavy atom. The van der Waals surface area contributed by atoms with E-state index in [1.807, 2.05) is 29.2 Å². The van der Waals surface area contributed by atoms with Crippen LogP contribution >= 0.6 is 11.6 Å². The number of amides is 2. The van der Waals surface area contributed by atoms with Gasteiger partial charge < -0.3 is 10.2 Å².